The normalized spacial score (nSPS) is 11.8. The van der Waals surface area contributed by atoms with Crippen molar-refractivity contribution in [1.82, 2.24) is 14.6 Å². The standard InChI is InChI=1S/C17H10ClFN4O2/c18-10-3-6-13-12(7-10)14-15(21-13)16(24)23(17(25)22-14)20-8-9-1-4-11(19)5-2-9/h1-8,21H,(H,22,25)/b20-8-. The molecule has 0 saturated heterocycles. The highest BCUT2D eigenvalue weighted by molar-refractivity contribution is 6.31. The molecule has 0 radical (unpaired) electrons. The van der Waals surface area contributed by atoms with Crippen LogP contribution in [0.5, 0.6) is 0 Å². The number of rotatable bonds is 2. The molecule has 0 unspecified atom stereocenters. The Labute approximate surface area is 144 Å². The van der Waals surface area contributed by atoms with Crippen molar-refractivity contribution in [3.63, 3.8) is 0 Å². The van der Waals surface area contributed by atoms with Gasteiger partial charge in [0, 0.05) is 15.9 Å². The molecule has 0 aliphatic rings. The number of aromatic amines is 2. The number of hydrogen-bond donors (Lipinski definition) is 2. The lowest BCUT2D eigenvalue weighted by Crippen LogP contribution is -2.32. The summed E-state index contributed by atoms with van der Waals surface area (Å²) >= 11 is 5.98. The molecule has 0 atom stereocenters. The van der Waals surface area contributed by atoms with Gasteiger partial charge in [0.25, 0.3) is 0 Å². The molecule has 0 spiro atoms. The van der Waals surface area contributed by atoms with Crippen LogP contribution in [-0.4, -0.2) is 20.9 Å². The molecule has 4 rings (SSSR count). The van der Waals surface area contributed by atoms with E-state index in [0.29, 0.717) is 31.7 Å². The molecule has 2 N–H and O–H groups in total. The maximum Gasteiger partial charge on any atom is 0.350 e. The summed E-state index contributed by atoms with van der Waals surface area (Å²) in [5, 5.41) is 5.05. The summed E-state index contributed by atoms with van der Waals surface area (Å²) in [4.78, 5) is 30.4. The number of fused-ring (bicyclic) bond motifs is 3. The van der Waals surface area contributed by atoms with E-state index in [9.17, 15) is 14.0 Å². The Bertz CT molecular complexity index is 1250. The largest absolute Gasteiger partial charge is 0.350 e. The molecule has 124 valence electrons. The molecule has 6 nitrogen and oxygen atoms in total. The minimum Gasteiger partial charge on any atom is -0.349 e. The number of benzene rings is 2. The monoisotopic (exact) mass is 356 g/mol. The van der Waals surface area contributed by atoms with Gasteiger partial charge in [-0.1, -0.05) is 23.7 Å². The zero-order valence-electron chi connectivity index (χ0n) is 12.6. The second-order valence-electron chi connectivity index (χ2n) is 5.41. The maximum atomic E-state index is 12.9. The molecule has 2 heterocycles. The van der Waals surface area contributed by atoms with Gasteiger partial charge in [-0.05, 0) is 35.9 Å². The van der Waals surface area contributed by atoms with Crippen molar-refractivity contribution in [1.29, 1.82) is 0 Å². The highest BCUT2D eigenvalue weighted by Gasteiger charge is 2.12. The summed E-state index contributed by atoms with van der Waals surface area (Å²) < 4.78 is 13.6. The van der Waals surface area contributed by atoms with Gasteiger partial charge >= 0.3 is 11.2 Å². The second-order valence-corrected chi connectivity index (χ2v) is 5.84. The summed E-state index contributed by atoms with van der Waals surface area (Å²) in [5.74, 6) is -0.384. The van der Waals surface area contributed by atoms with Gasteiger partial charge in [0.2, 0.25) is 0 Å². The Balaban J connectivity index is 1.90. The molecule has 0 bridgehead atoms. The van der Waals surface area contributed by atoms with Crippen LogP contribution in [0.15, 0.2) is 57.2 Å². The number of hydrogen-bond acceptors (Lipinski definition) is 3. The SMILES string of the molecule is O=c1[nH]c2c([nH]c3ccc(Cl)cc32)c(=O)n1/N=C\c1ccc(F)cc1. The van der Waals surface area contributed by atoms with Gasteiger partial charge in [0.1, 0.15) is 11.3 Å². The van der Waals surface area contributed by atoms with Gasteiger partial charge in [0.05, 0.1) is 11.7 Å². The van der Waals surface area contributed by atoms with Crippen LogP contribution in [0, 0.1) is 5.82 Å². The van der Waals surface area contributed by atoms with E-state index < -0.39 is 11.2 Å². The van der Waals surface area contributed by atoms with E-state index >= 15 is 0 Å². The maximum absolute atomic E-state index is 12.9. The average Bonchev–Trinajstić information content (AvgIpc) is 2.94. The number of aromatic nitrogens is 3. The smallest absolute Gasteiger partial charge is 0.349 e. The first kappa shape index (κ1) is 15.3. The van der Waals surface area contributed by atoms with Crippen molar-refractivity contribution < 1.29 is 4.39 Å². The van der Waals surface area contributed by atoms with Crippen molar-refractivity contribution >= 4 is 39.8 Å². The van der Waals surface area contributed by atoms with E-state index in [1.807, 2.05) is 0 Å². The third kappa shape index (κ3) is 2.64. The highest BCUT2D eigenvalue weighted by Crippen LogP contribution is 2.24. The topological polar surface area (TPSA) is 83.0 Å². The summed E-state index contributed by atoms with van der Waals surface area (Å²) in [5.41, 5.74) is 0.540. The van der Waals surface area contributed by atoms with E-state index in [2.05, 4.69) is 15.1 Å². The third-order valence-corrected chi connectivity index (χ3v) is 4.02. The first-order chi connectivity index (χ1) is 12.0. The van der Waals surface area contributed by atoms with Crippen LogP contribution in [0.4, 0.5) is 4.39 Å². The minimum atomic E-state index is -0.684. The molecule has 0 aliphatic carbocycles. The predicted molar refractivity (Wildman–Crippen MR) is 95.1 cm³/mol. The Morgan fingerprint density at radius 3 is 2.56 bits per heavy atom. The van der Waals surface area contributed by atoms with E-state index in [1.165, 1.54) is 30.5 Å². The molecule has 4 aromatic rings. The number of H-pyrrole nitrogens is 2. The van der Waals surface area contributed by atoms with Gasteiger partial charge < -0.3 is 9.97 Å². The second kappa shape index (κ2) is 5.71. The van der Waals surface area contributed by atoms with Crippen molar-refractivity contribution in [2.75, 3.05) is 0 Å². The van der Waals surface area contributed by atoms with Gasteiger partial charge in [-0.25, -0.2) is 9.18 Å². The zero-order chi connectivity index (χ0) is 17.6. The lowest BCUT2D eigenvalue weighted by molar-refractivity contribution is 0.628. The molecular formula is C17H10ClFN4O2. The van der Waals surface area contributed by atoms with Crippen LogP contribution in [-0.2, 0) is 0 Å². The molecule has 0 aliphatic heterocycles. The molecule has 0 saturated carbocycles. The fraction of sp³-hybridized carbons (Fsp3) is 0. The molecular weight excluding hydrogens is 347 g/mol. The quantitative estimate of drug-likeness (QED) is 0.541. The molecule has 2 aromatic carbocycles. The van der Waals surface area contributed by atoms with E-state index in [0.717, 1.165) is 0 Å². The fourth-order valence-electron chi connectivity index (χ4n) is 2.59. The minimum absolute atomic E-state index is 0.216. The van der Waals surface area contributed by atoms with Crippen LogP contribution in [0.2, 0.25) is 5.02 Å². The molecule has 8 heteroatoms. The average molecular weight is 357 g/mol. The highest BCUT2D eigenvalue weighted by atomic mass is 35.5. The number of nitrogens with one attached hydrogen (secondary N) is 2. The van der Waals surface area contributed by atoms with Crippen LogP contribution in [0.25, 0.3) is 21.9 Å². The Hall–Kier alpha value is -3.19. The summed E-state index contributed by atoms with van der Waals surface area (Å²) in [6.07, 6.45) is 1.31. The number of nitrogens with zero attached hydrogens (tertiary/aromatic N) is 2. The summed E-state index contributed by atoms with van der Waals surface area (Å²) in [6, 6.07) is 10.6. The van der Waals surface area contributed by atoms with E-state index in [4.69, 9.17) is 11.6 Å². The van der Waals surface area contributed by atoms with Gasteiger partial charge in [-0.15, -0.1) is 4.68 Å². The van der Waals surface area contributed by atoms with Gasteiger partial charge in [0.15, 0.2) is 0 Å². The van der Waals surface area contributed by atoms with E-state index in [-0.39, 0.29) is 11.3 Å². The van der Waals surface area contributed by atoms with Crippen LogP contribution in [0.1, 0.15) is 5.56 Å². The summed E-state index contributed by atoms with van der Waals surface area (Å²) in [6.45, 7) is 0. The number of halogens is 2. The first-order valence-corrected chi connectivity index (χ1v) is 7.67. The zero-order valence-corrected chi connectivity index (χ0v) is 13.3. The molecule has 0 fully saturated rings. The lowest BCUT2D eigenvalue weighted by Gasteiger charge is -1.98. The molecule has 2 aromatic heterocycles. The van der Waals surface area contributed by atoms with Gasteiger partial charge in [-0.2, -0.15) is 5.10 Å². The Morgan fingerprint density at radius 1 is 1.04 bits per heavy atom. The first-order valence-electron chi connectivity index (χ1n) is 7.29. The fourth-order valence-corrected chi connectivity index (χ4v) is 2.76. The van der Waals surface area contributed by atoms with Crippen molar-refractivity contribution in [2.24, 2.45) is 5.10 Å². The van der Waals surface area contributed by atoms with E-state index in [1.54, 1.807) is 18.2 Å². The third-order valence-electron chi connectivity index (χ3n) is 3.78. The molecule has 0 amide bonds. The van der Waals surface area contributed by atoms with Crippen LogP contribution in [0.3, 0.4) is 0 Å². The Morgan fingerprint density at radius 2 is 1.80 bits per heavy atom. The predicted octanol–water partition coefficient (Wildman–Crippen LogP) is 2.85. The van der Waals surface area contributed by atoms with Crippen LogP contribution < -0.4 is 11.2 Å². The van der Waals surface area contributed by atoms with Crippen molar-refractivity contribution in [3.8, 4) is 0 Å². The lowest BCUT2D eigenvalue weighted by atomic mass is 10.2. The van der Waals surface area contributed by atoms with Crippen molar-refractivity contribution in [3.05, 3.63) is 79.7 Å². The summed E-state index contributed by atoms with van der Waals surface area (Å²) in [7, 11) is 0. The van der Waals surface area contributed by atoms with Crippen molar-refractivity contribution in [2.45, 2.75) is 0 Å². The van der Waals surface area contributed by atoms with Gasteiger partial charge in [-0.3, -0.25) is 4.79 Å². The Kier molecular flexibility index (Phi) is 3.51. The van der Waals surface area contributed by atoms with Crippen LogP contribution >= 0.6 is 11.6 Å². The molecule has 25 heavy (non-hydrogen) atoms.